The van der Waals surface area contributed by atoms with Crippen molar-refractivity contribution in [3.8, 4) is 0 Å². The topological polar surface area (TPSA) is 49.9 Å². The molecule has 5 nitrogen and oxygen atoms in total. The van der Waals surface area contributed by atoms with Crippen molar-refractivity contribution in [2.24, 2.45) is 0 Å². The highest BCUT2D eigenvalue weighted by molar-refractivity contribution is 5.95. The minimum absolute atomic E-state index is 0.0306. The molecular formula is C20H27FN2O3. The van der Waals surface area contributed by atoms with Gasteiger partial charge in [0.05, 0.1) is 5.56 Å². The lowest BCUT2D eigenvalue weighted by Crippen LogP contribution is -2.56. The molecule has 0 spiro atoms. The van der Waals surface area contributed by atoms with E-state index in [1.54, 1.807) is 22.8 Å². The molecule has 0 radical (unpaired) electrons. The van der Waals surface area contributed by atoms with Crippen LogP contribution in [-0.2, 0) is 4.74 Å². The number of hydrogen-bond acceptors (Lipinski definition) is 3. The standard InChI is InChI=1S/C20H27FN2O3/c1-7-15-11-16(17(21)10-13(15)2)18(24)23-9-8-22(12-14(23)3)19(25)26-20(4,5)6/h7,10-11,14H,1,8-9,12H2,2-6H3/t14-/m0/s1. The van der Waals surface area contributed by atoms with Crippen LogP contribution in [0.4, 0.5) is 9.18 Å². The third kappa shape index (κ3) is 4.42. The molecule has 0 unspecified atom stereocenters. The molecule has 0 aromatic heterocycles. The van der Waals surface area contributed by atoms with E-state index < -0.39 is 17.5 Å². The van der Waals surface area contributed by atoms with E-state index in [2.05, 4.69) is 6.58 Å². The molecule has 0 saturated carbocycles. The van der Waals surface area contributed by atoms with Crippen molar-refractivity contribution in [2.75, 3.05) is 19.6 Å². The van der Waals surface area contributed by atoms with Gasteiger partial charge in [-0.15, -0.1) is 0 Å². The van der Waals surface area contributed by atoms with E-state index in [-0.39, 0.29) is 17.5 Å². The SMILES string of the molecule is C=Cc1cc(C(=O)N2CCN(C(=O)OC(C)(C)C)C[C@@H]2C)c(F)cc1C. The maximum atomic E-state index is 14.3. The number of hydrogen-bond donors (Lipinski definition) is 0. The molecular weight excluding hydrogens is 335 g/mol. The highest BCUT2D eigenvalue weighted by atomic mass is 19.1. The third-order valence-electron chi connectivity index (χ3n) is 4.35. The summed E-state index contributed by atoms with van der Waals surface area (Å²) in [6.07, 6.45) is 1.21. The number of carbonyl (C=O) groups is 2. The minimum atomic E-state index is -0.570. The zero-order valence-electron chi connectivity index (χ0n) is 16.1. The van der Waals surface area contributed by atoms with Gasteiger partial charge < -0.3 is 14.5 Å². The summed E-state index contributed by atoms with van der Waals surface area (Å²) < 4.78 is 19.7. The van der Waals surface area contributed by atoms with Crippen molar-refractivity contribution >= 4 is 18.1 Å². The van der Waals surface area contributed by atoms with E-state index in [4.69, 9.17) is 4.74 Å². The smallest absolute Gasteiger partial charge is 0.410 e. The minimum Gasteiger partial charge on any atom is -0.444 e. The number of aryl methyl sites for hydroxylation is 1. The zero-order chi connectivity index (χ0) is 19.6. The van der Waals surface area contributed by atoms with Gasteiger partial charge >= 0.3 is 6.09 Å². The summed E-state index contributed by atoms with van der Waals surface area (Å²) >= 11 is 0. The van der Waals surface area contributed by atoms with E-state index in [9.17, 15) is 14.0 Å². The third-order valence-corrected chi connectivity index (χ3v) is 4.35. The van der Waals surface area contributed by atoms with Gasteiger partial charge in [-0.3, -0.25) is 4.79 Å². The van der Waals surface area contributed by atoms with Gasteiger partial charge in [-0.05, 0) is 57.9 Å². The monoisotopic (exact) mass is 362 g/mol. The van der Waals surface area contributed by atoms with Crippen LogP contribution in [0.5, 0.6) is 0 Å². The number of carbonyl (C=O) groups excluding carboxylic acids is 2. The summed E-state index contributed by atoms with van der Waals surface area (Å²) in [5.41, 5.74) is 0.925. The Morgan fingerprint density at radius 1 is 1.31 bits per heavy atom. The molecule has 142 valence electrons. The second-order valence-corrected chi connectivity index (χ2v) is 7.67. The van der Waals surface area contributed by atoms with Gasteiger partial charge in [-0.25, -0.2) is 9.18 Å². The van der Waals surface area contributed by atoms with Crippen molar-refractivity contribution in [1.29, 1.82) is 0 Å². The summed E-state index contributed by atoms with van der Waals surface area (Å²) in [4.78, 5) is 28.2. The van der Waals surface area contributed by atoms with Gasteiger partial charge in [0, 0.05) is 25.7 Å². The van der Waals surface area contributed by atoms with Gasteiger partial charge in [0.1, 0.15) is 11.4 Å². The molecule has 1 aromatic carbocycles. The number of benzene rings is 1. The number of rotatable bonds is 2. The van der Waals surface area contributed by atoms with Crippen molar-refractivity contribution in [1.82, 2.24) is 9.80 Å². The number of halogens is 1. The van der Waals surface area contributed by atoms with Crippen LogP contribution >= 0.6 is 0 Å². The highest BCUT2D eigenvalue weighted by Gasteiger charge is 2.33. The number of nitrogens with zero attached hydrogens (tertiary/aromatic N) is 2. The van der Waals surface area contributed by atoms with Gasteiger partial charge in [0.15, 0.2) is 0 Å². The molecule has 6 heteroatoms. The summed E-state index contributed by atoms with van der Waals surface area (Å²) in [7, 11) is 0. The lowest BCUT2D eigenvalue weighted by molar-refractivity contribution is 0.00607. The van der Waals surface area contributed by atoms with Gasteiger partial charge in [0.25, 0.3) is 5.91 Å². The molecule has 0 bridgehead atoms. The fraction of sp³-hybridized carbons (Fsp3) is 0.500. The molecule has 0 N–H and O–H groups in total. The first-order chi connectivity index (χ1) is 12.0. The molecule has 1 saturated heterocycles. The van der Waals surface area contributed by atoms with Crippen molar-refractivity contribution in [2.45, 2.75) is 46.3 Å². The predicted octanol–water partition coefficient (Wildman–Crippen LogP) is 3.86. The van der Waals surface area contributed by atoms with Gasteiger partial charge in [-0.2, -0.15) is 0 Å². The largest absolute Gasteiger partial charge is 0.444 e. The van der Waals surface area contributed by atoms with E-state index >= 15 is 0 Å². The Morgan fingerprint density at radius 2 is 1.96 bits per heavy atom. The summed E-state index contributed by atoms with van der Waals surface area (Å²) in [5, 5.41) is 0. The van der Waals surface area contributed by atoms with Crippen LogP contribution in [0, 0.1) is 12.7 Å². The quantitative estimate of drug-likeness (QED) is 0.803. The second-order valence-electron chi connectivity index (χ2n) is 7.67. The van der Waals surface area contributed by atoms with Crippen molar-refractivity contribution < 1.29 is 18.7 Å². The van der Waals surface area contributed by atoms with Crippen molar-refractivity contribution in [3.05, 3.63) is 41.2 Å². The molecule has 26 heavy (non-hydrogen) atoms. The number of ether oxygens (including phenoxy) is 1. The van der Waals surface area contributed by atoms with E-state index in [1.807, 2.05) is 27.7 Å². The Morgan fingerprint density at radius 3 is 2.50 bits per heavy atom. The summed E-state index contributed by atoms with van der Waals surface area (Å²) in [6.45, 7) is 13.8. The lowest BCUT2D eigenvalue weighted by Gasteiger charge is -2.40. The summed E-state index contributed by atoms with van der Waals surface area (Å²) in [5.74, 6) is -0.915. The number of amides is 2. The molecule has 1 aliphatic rings. The van der Waals surface area contributed by atoms with Crippen LogP contribution in [0.1, 0.15) is 49.2 Å². The van der Waals surface area contributed by atoms with Crippen LogP contribution in [0.25, 0.3) is 6.08 Å². The Hall–Kier alpha value is -2.37. The first-order valence-corrected chi connectivity index (χ1v) is 8.75. The molecule has 1 fully saturated rings. The molecule has 1 atom stereocenters. The van der Waals surface area contributed by atoms with Crippen LogP contribution in [0.3, 0.4) is 0 Å². The van der Waals surface area contributed by atoms with Crippen molar-refractivity contribution in [3.63, 3.8) is 0 Å². The molecule has 2 amide bonds. The van der Waals surface area contributed by atoms with Gasteiger partial charge in [-0.1, -0.05) is 12.7 Å². The maximum absolute atomic E-state index is 14.3. The van der Waals surface area contributed by atoms with Gasteiger partial charge in [0.2, 0.25) is 0 Å². The van der Waals surface area contributed by atoms with E-state index in [0.29, 0.717) is 19.6 Å². The normalized spacial score (nSPS) is 17.8. The average Bonchev–Trinajstić information content (AvgIpc) is 2.52. The molecule has 1 aromatic rings. The maximum Gasteiger partial charge on any atom is 0.410 e. The predicted molar refractivity (Wildman–Crippen MR) is 99.5 cm³/mol. The zero-order valence-corrected chi connectivity index (χ0v) is 16.1. The first-order valence-electron chi connectivity index (χ1n) is 8.75. The van der Waals surface area contributed by atoms with Crippen LogP contribution in [0.15, 0.2) is 18.7 Å². The number of piperazine rings is 1. The Labute approximate surface area is 154 Å². The fourth-order valence-electron chi connectivity index (χ4n) is 2.98. The highest BCUT2D eigenvalue weighted by Crippen LogP contribution is 2.21. The molecule has 1 heterocycles. The molecule has 0 aliphatic carbocycles. The van der Waals surface area contributed by atoms with E-state index in [1.165, 1.54) is 12.1 Å². The Balaban J connectivity index is 2.13. The Bertz CT molecular complexity index is 725. The molecule has 2 rings (SSSR count). The van der Waals surface area contributed by atoms with Crippen LogP contribution in [-0.4, -0.2) is 53.1 Å². The van der Waals surface area contributed by atoms with Crippen LogP contribution < -0.4 is 0 Å². The second kappa shape index (κ2) is 7.48. The average molecular weight is 362 g/mol. The molecule has 1 aliphatic heterocycles. The fourth-order valence-corrected chi connectivity index (χ4v) is 2.98. The first kappa shape index (κ1) is 19.9. The Kier molecular flexibility index (Phi) is 5.74. The summed E-state index contributed by atoms with van der Waals surface area (Å²) in [6, 6.07) is 2.65. The van der Waals surface area contributed by atoms with E-state index in [0.717, 1.165) is 11.1 Å². The lowest BCUT2D eigenvalue weighted by atomic mass is 10.0. The van der Waals surface area contributed by atoms with Crippen LogP contribution in [0.2, 0.25) is 0 Å².